The predicted molar refractivity (Wildman–Crippen MR) is 109 cm³/mol. The fourth-order valence-corrected chi connectivity index (χ4v) is 3.38. The van der Waals surface area contributed by atoms with Gasteiger partial charge in [0, 0.05) is 19.2 Å². The molecule has 8 nitrogen and oxygen atoms in total. The summed E-state index contributed by atoms with van der Waals surface area (Å²) in [5, 5.41) is 3.20. The van der Waals surface area contributed by atoms with Gasteiger partial charge in [-0.3, -0.25) is 23.7 Å². The number of aromatic nitrogens is 4. The van der Waals surface area contributed by atoms with Crippen LogP contribution in [0.4, 0.5) is 5.95 Å². The van der Waals surface area contributed by atoms with Crippen molar-refractivity contribution >= 4 is 22.9 Å². The molecule has 0 fully saturated rings. The molecule has 3 rings (SSSR count). The lowest BCUT2D eigenvalue weighted by Crippen LogP contribution is -2.29. The Morgan fingerprint density at radius 1 is 1.21 bits per heavy atom. The number of aromatic amines is 1. The minimum Gasteiger partial charge on any atom is -0.356 e. The van der Waals surface area contributed by atoms with E-state index in [1.54, 1.807) is 11.6 Å². The molecule has 0 aliphatic carbocycles. The second-order valence-electron chi connectivity index (χ2n) is 6.98. The van der Waals surface area contributed by atoms with E-state index in [1.807, 2.05) is 32.0 Å². The van der Waals surface area contributed by atoms with Crippen LogP contribution in [0, 0.1) is 13.8 Å². The molecule has 2 N–H and O–H groups in total. The summed E-state index contributed by atoms with van der Waals surface area (Å²) >= 11 is 0. The molecule has 1 aromatic carbocycles. The number of nitrogens with one attached hydrogen (secondary N) is 2. The fourth-order valence-electron chi connectivity index (χ4n) is 3.38. The van der Waals surface area contributed by atoms with Gasteiger partial charge in [0.25, 0.3) is 5.56 Å². The van der Waals surface area contributed by atoms with Gasteiger partial charge < -0.3 is 5.32 Å². The average Bonchev–Trinajstić information content (AvgIpc) is 2.99. The van der Waals surface area contributed by atoms with Gasteiger partial charge in [-0.25, -0.2) is 4.79 Å². The van der Waals surface area contributed by atoms with Gasteiger partial charge in [0.1, 0.15) is 0 Å². The average molecular weight is 383 g/mol. The Balaban J connectivity index is 2.13. The molecular weight excluding hydrogens is 358 g/mol. The number of carbonyl (C=O) groups excluding carboxylic acids is 1. The maximum absolute atomic E-state index is 13.1. The number of fused-ring (bicyclic) bond motifs is 1. The maximum atomic E-state index is 13.1. The highest BCUT2D eigenvalue weighted by atomic mass is 16.2. The van der Waals surface area contributed by atoms with Crippen LogP contribution >= 0.6 is 0 Å². The van der Waals surface area contributed by atoms with E-state index in [0.29, 0.717) is 18.1 Å². The highest BCUT2D eigenvalue weighted by Crippen LogP contribution is 2.19. The number of aryl methyl sites for hydroxylation is 3. The summed E-state index contributed by atoms with van der Waals surface area (Å²) < 4.78 is 2.85. The van der Waals surface area contributed by atoms with Crippen LogP contribution in [0.15, 0.2) is 27.8 Å². The second kappa shape index (κ2) is 7.84. The minimum atomic E-state index is -0.552. The number of H-pyrrole nitrogens is 1. The molecule has 2 aromatic heterocycles. The summed E-state index contributed by atoms with van der Waals surface area (Å²) in [6.45, 7) is 6.47. The van der Waals surface area contributed by atoms with Gasteiger partial charge in [-0.05, 0) is 31.4 Å². The van der Waals surface area contributed by atoms with Crippen molar-refractivity contribution in [2.24, 2.45) is 7.05 Å². The number of benzene rings is 1. The largest absolute Gasteiger partial charge is 0.356 e. The van der Waals surface area contributed by atoms with Crippen molar-refractivity contribution in [2.45, 2.75) is 40.2 Å². The zero-order chi connectivity index (χ0) is 20.4. The Labute approximate surface area is 162 Å². The number of hydrogen-bond donors (Lipinski definition) is 2. The molecule has 0 saturated carbocycles. The molecule has 8 heteroatoms. The molecule has 0 radical (unpaired) electrons. The molecule has 0 aliphatic rings. The number of imidazole rings is 1. The molecule has 3 aromatic rings. The van der Waals surface area contributed by atoms with Gasteiger partial charge in [0.05, 0.1) is 6.54 Å². The molecular formula is C20H25N5O3. The summed E-state index contributed by atoms with van der Waals surface area (Å²) in [4.78, 5) is 44.3. The van der Waals surface area contributed by atoms with Crippen molar-refractivity contribution in [2.75, 3.05) is 11.9 Å². The van der Waals surface area contributed by atoms with Crippen molar-refractivity contribution in [3.8, 4) is 0 Å². The summed E-state index contributed by atoms with van der Waals surface area (Å²) in [6, 6.07) is 5.69. The number of anilines is 1. The highest BCUT2D eigenvalue weighted by molar-refractivity contribution is 5.99. The quantitative estimate of drug-likeness (QED) is 0.481. The lowest BCUT2D eigenvalue weighted by Gasteiger charge is -2.12. The number of Topliss-reactive ketones (excluding diaryl/α,β-unsaturated/α-hetero) is 1. The molecule has 0 bridgehead atoms. The van der Waals surface area contributed by atoms with E-state index in [0.717, 1.165) is 24.0 Å². The van der Waals surface area contributed by atoms with E-state index >= 15 is 0 Å². The maximum Gasteiger partial charge on any atom is 0.329 e. The standard InChI is InChI=1S/C20H25N5O3/c1-5-6-10-21-19-22-17-16(18(27)23-20(28)24(17)4)25(19)11-14(26)15-12(2)8-7-9-13(15)3/h7-9H,5-6,10-11H2,1-4H3,(H,21,22)(H,23,27,28). The molecule has 0 aliphatic heterocycles. The van der Waals surface area contributed by atoms with Gasteiger partial charge in [-0.1, -0.05) is 31.5 Å². The molecule has 28 heavy (non-hydrogen) atoms. The van der Waals surface area contributed by atoms with Crippen molar-refractivity contribution < 1.29 is 4.79 Å². The number of rotatable bonds is 7. The van der Waals surface area contributed by atoms with Crippen molar-refractivity contribution in [3.63, 3.8) is 0 Å². The summed E-state index contributed by atoms with van der Waals surface area (Å²) in [5.74, 6) is 0.302. The number of ketones is 1. The highest BCUT2D eigenvalue weighted by Gasteiger charge is 2.21. The number of unbranched alkanes of at least 4 members (excludes halogenated alkanes) is 1. The topological polar surface area (TPSA) is 102 Å². The number of carbonyl (C=O) groups is 1. The third kappa shape index (κ3) is 3.49. The fraction of sp³-hybridized carbons (Fsp3) is 0.400. The smallest absolute Gasteiger partial charge is 0.329 e. The van der Waals surface area contributed by atoms with Crippen LogP contribution in [0.2, 0.25) is 0 Å². The molecule has 0 amide bonds. The molecule has 0 atom stereocenters. The molecule has 148 valence electrons. The first-order valence-corrected chi connectivity index (χ1v) is 9.38. The van der Waals surface area contributed by atoms with Crippen LogP contribution in [-0.2, 0) is 13.6 Å². The molecule has 0 saturated heterocycles. The van der Waals surface area contributed by atoms with Gasteiger partial charge in [-0.2, -0.15) is 4.98 Å². The van der Waals surface area contributed by atoms with Crippen molar-refractivity contribution in [1.82, 2.24) is 19.1 Å². The lowest BCUT2D eigenvalue weighted by molar-refractivity contribution is 0.0972. The van der Waals surface area contributed by atoms with Crippen LogP contribution < -0.4 is 16.6 Å². The van der Waals surface area contributed by atoms with Gasteiger partial charge in [0.15, 0.2) is 16.9 Å². The van der Waals surface area contributed by atoms with Crippen LogP contribution in [0.25, 0.3) is 11.2 Å². The van der Waals surface area contributed by atoms with E-state index in [4.69, 9.17) is 0 Å². The Morgan fingerprint density at radius 3 is 2.54 bits per heavy atom. The number of nitrogens with zero attached hydrogens (tertiary/aromatic N) is 3. The first-order valence-electron chi connectivity index (χ1n) is 9.38. The summed E-state index contributed by atoms with van der Waals surface area (Å²) in [7, 11) is 1.54. The first kappa shape index (κ1) is 19.6. The third-order valence-corrected chi connectivity index (χ3v) is 4.88. The Morgan fingerprint density at radius 2 is 1.89 bits per heavy atom. The zero-order valence-electron chi connectivity index (χ0n) is 16.6. The van der Waals surface area contributed by atoms with Crippen LogP contribution in [0.3, 0.4) is 0 Å². The third-order valence-electron chi connectivity index (χ3n) is 4.88. The SMILES string of the molecule is CCCCNc1nc2c(c(=O)[nH]c(=O)n2C)n1CC(=O)c1c(C)cccc1C. The van der Waals surface area contributed by atoms with Crippen LogP contribution in [-0.4, -0.2) is 31.4 Å². The summed E-state index contributed by atoms with van der Waals surface area (Å²) in [6.07, 6.45) is 1.91. The zero-order valence-corrected chi connectivity index (χ0v) is 16.6. The normalized spacial score (nSPS) is 11.1. The van der Waals surface area contributed by atoms with E-state index < -0.39 is 11.2 Å². The predicted octanol–water partition coefficient (Wildman–Crippen LogP) is 2.14. The number of hydrogen-bond acceptors (Lipinski definition) is 5. The Bertz CT molecular complexity index is 1130. The second-order valence-corrected chi connectivity index (χ2v) is 6.98. The molecule has 0 spiro atoms. The van der Waals surface area contributed by atoms with Crippen LogP contribution in [0.5, 0.6) is 0 Å². The monoisotopic (exact) mass is 383 g/mol. The Hall–Kier alpha value is -3.16. The van der Waals surface area contributed by atoms with Crippen LogP contribution in [0.1, 0.15) is 41.3 Å². The van der Waals surface area contributed by atoms with Gasteiger partial charge >= 0.3 is 5.69 Å². The first-order chi connectivity index (χ1) is 13.3. The minimum absolute atomic E-state index is 0.0437. The Kier molecular flexibility index (Phi) is 5.48. The van der Waals surface area contributed by atoms with Gasteiger partial charge in [-0.15, -0.1) is 0 Å². The lowest BCUT2D eigenvalue weighted by atomic mass is 9.99. The molecule has 0 unspecified atom stereocenters. The van der Waals surface area contributed by atoms with E-state index in [1.165, 1.54) is 4.57 Å². The summed E-state index contributed by atoms with van der Waals surface area (Å²) in [5.41, 5.74) is 1.78. The van der Waals surface area contributed by atoms with E-state index in [9.17, 15) is 14.4 Å². The van der Waals surface area contributed by atoms with Gasteiger partial charge in [0.2, 0.25) is 5.95 Å². The molecule has 2 heterocycles. The van der Waals surface area contributed by atoms with Crippen molar-refractivity contribution in [3.05, 3.63) is 55.7 Å². The van der Waals surface area contributed by atoms with E-state index in [-0.39, 0.29) is 23.5 Å². The van der Waals surface area contributed by atoms with E-state index in [2.05, 4.69) is 22.2 Å². The van der Waals surface area contributed by atoms with Crippen molar-refractivity contribution in [1.29, 1.82) is 0 Å².